The number of hydrogen-bond donors (Lipinski definition) is 1. The second-order valence-electron chi connectivity index (χ2n) is 4.12. The number of benzene rings is 1. The van der Waals surface area contributed by atoms with Crippen molar-refractivity contribution in [1.82, 2.24) is 5.32 Å². The summed E-state index contributed by atoms with van der Waals surface area (Å²) < 4.78 is 0. The number of nitrogens with one attached hydrogen (secondary N) is 1. The van der Waals surface area contributed by atoms with Crippen molar-refractivity contribution in [3.05, 3.63) is 34.9 Å². The molecule has 14 heavy (non-hydrogen) atoms. The van der Waals surface area contributed by atoms with Gasteiger partial charge in [0.05, 0.1) is 0 Å². The summed E-state index contributed by atoms with van der Waals surface area (Å²) in [6, 6.07) is 6.78. The number of rotatable bonds is 4. The van der Waals surface area contributed by atoms with Crippen LogP contribution in [-0.4, -0.2) is 6.54 Å². The maximum Gasteiger partial charge on any atom is 0.0208 e. The van der Waals surface area contributed by atoms with E-state index in [1.54, 1.807) is 0 Å². The average molecular weight is 191 g/mol. The molecule has 0 atom stereocenters. The molecule has 0 bridgehead atoms. The Morgan fingerprint density at radius 1 is 1.29 bits per heavy atom. The molecule has 0 radical (unpaired) electrons. The lowest BCUT2D eigenvalue weighted by molar-refractivity contribution is 0.721. The van der Waals surface area contributed by atoms with Crippen molar-refractivity contribution in [3.63, 3.8) is 0 Å². The molecule has 1 aromatic rings. The van der Waals surface area contributed by atoms with Gasteiger partial charge in [-0.3, -0.25) is 0 Å². The highest BCUT2D eigenvalue weighted by Gasteiger charge is 2.02. The smallest absolute Gasteiger partial charge is 0.0208 e. The van der Waals surface area contributed by atoms with E-state index < -0.39 is 0 Å². The molecule has 0 aliphatic heterocycles. The number of aryl methyl sites for hydroxylation is 1. The van der Waals surface area contributed by atoms with Crippen LogP contribution < -0.4 is 5.32 Å². The van der Waals surface area contributed by atoms with Crippen LogP contribution in [0.5, 0.6) is 0 Å². The van der Waals surface area contributed by atoms with Crippen LogP contribution in [0.4, 0.5) is 0 Å². The second-order valence-corrected chi connectivity index (χ2v) is 4.12. The zero-order valence-corrected chi connectivity index (χ0v) is 9.72. The molecule has 1 nitrogen and oxygen atoms in total. The third kappa shape index (κ3) is 2.85. The van der Waals surface area contributed by atoms with E-state index in [0.29, 0.717) is 5.92 Å². The summed E-state index contributed by atoms with van der Waals surface area (Å²) in [6.45, 7) is 10.8. The van der Waals surface area contributed by atoms with E-state index in [4.69, 9.17) is 0 Å². The van der Waals surface area contributed by atoms with Gasteiger partial charge < -0.3 is 5.32 Å². The van der Waals surface area contributed by atoms with Crippen molar-refractivity contribution >= 4 is 0 Å². The van der Waals surface area contributed by atoms with Crippen molar-refractivity contribution in [2.75, 3.05) is 6.54 Å². The third-order valence-electron chi connectivity index (χ3n) is 2.61. The first-order chi connectivity index (χ1) is 6.65. The van der Waals surface area contributed by atoms with Crippen LogP contribution in [0.15, 0.2) is 18.2 Å². The molecule has 0 fully saturated rings. The molecular weight excluding hydrogens is 170 g/mol. The Labute approximate surface area is 87.5 Å². The standard InChI is InChI=1S/C13H21N/c1-5-14-9-13-8-12(10(2)3)7-6-11(13)4/h6-8,10,14H,5,9H2,1-4H3. The predicted molar refractivity (Wildman–Crippen MR) is 62.6 cm³/mol. The maximum absolute atomic E-state index is 3.37. The molecule has 78 valence electrons. The summed E-state index contributed by atoms with van der Waals surface area (Å²) in [6.07, 6.45) is 0. The largest absolute Gasteiger partial charge is 0.313 e. The monoisotopic (exact) mass is 191 g/mol. The van der Waals surface area contributed by atoms with Gasteiger partial charge in [-0.05, 0) is 36.1 Å². The van der Waals surface area contributed by atoms with Gasteiger partial charge in [0.25, 0.3) is 0 Å². The van der Waals surface area contributed by atoms with Gasteiger partial charge in [-0.2, -0.15) is 0 Å². The zero-order valence-electron chi connectivity index (χ0n) is 9.72. The molecule has 0 aromatic heterocycles. The van der Waals surface area contributed by atoms with Gasteiger partial charge >= 0.3 is 0 Å². The Morgan fingerprint density at radius 2 is 2.00 bits per heavy atom. The zero-order chi connectivity index (χ0) is 10.6. The van der Waals surface area contributed by atoms with Crippen LogP contribution in [0.1, 0.15) is 43.4 Å². The molecule has 1 N–H and O–H groups in total. The van der Waals surface area contributed by atoms with E-state index >= 15 is 0 Å². The van der Waals surface area contributed by atoms with Crippen LogP contribution >= 0.6 is 0 Å². The fourth-order valence-corrected chi connectivity index (χ4v) is 1.50. The minimum absolute atomic E-state index is 0.621. The summed E-state index contributed by atoms with van der Waals surface area (Å²) in [5, 5.41) is 3.37. The Balaban J connectivity index is 2.85. The first kappa shape index (κ1) is 11.3. The fourth-order valence-electron chi connectivity index (χ4n) is 1.50. The van der Waals surface area contributed by atoms with Gasteiger partial charge in [-0.1, -0.05) is 39.0 Å². The highest BCUT2D eigenvalue weighted by molar-refractivity contribution is 5.32. The molecule has 1 aromatic carbocycles. The topological polar surface area (TPSA) is 12.0 Å². The molecule has 0 spiro atoms. The summed E-state index contributed by atoms with van der Waals surface area (Å²) in [7, 11) is 0. The molecule has 0 saturated carbocycles. The molecule has 0 aliphatic rings. The van der Waals surface area contributed by atoms with E-state index in [2.05, 4.69) is 51.2 Å². The average Bonchev–Trinajstić information content (AvgIpc) is 2.16. The van der Waals surface area contributed by atoms with Crippen molar-refractivity contribution in [3.8, 4) is 0 Å². The normalized spacial score (nSPS) is 10.9. The molecule has 0 heterocycles. The third-order valence-corrected chi connectivity index (χ3v) is 2.61. The van der Waals surface area contributed by atoms with Crippen molar-refractivity contribution < 1.29 is 0 Å². The highest BCUT2D eigenvalue weighted by Crippen LogP contribution is 2.18. The molecule has 0 aliphatic carbocycles. The quantitative estimate of drug-likeness (QED) is 0.770. The van der Waals surface area contributed by atoms with Crippen molar-refractivity contribution in [1.29, 1.82) is 0 Å². The van der Waals surface area contributed by atoms with E-state index in [-0.39, 0.29) is 0 Å². The molecule has 0 amide bonds. The Kier molecular flexibility index (Phi) is 4.15. The summed E-state index contributed by atoms with van der Waals surface area (Å²) >= 11 is 0. The minimum Gasteiger partial charge on any atom is -0.313 e. The van der Waals surface area contributed by atoms with Crippen molar-refractivity contribution in [2.24, 2.45) is 0 Å². The lowest BCUT2D eigenvalue weighted by atomic mass is 9.98. The van der Waals surface area contributed by atoms with Crippen molar-refractivity contribution in [2.45, 2.75) is 40.2 Å². The van der Waals surface area contributed by atoms with E-state index in [0.717, 1.165) is 13.1 Å². The van der Waals surface area contributed by atoms with Crippen LogP contribution in [0.3, 0.4) is 0 Å². The highest BCUT2D eigenvalue weighted by atomic mass is 14.8. The molecule has 0 unspecified atom stereocenters. The van der Waals surface area contributed by atoms with Gasteiger partial charge in [0.15, 0.2) is 0 Å². The van der Waals surface area contributed by atoms with Crippen LogP contribution in [0.25, 0.3) is 0 Å². The van der Waals surface area contributed by atoms with E-state index in [1.807, 2.05) is 0 Å². The summed E-state index contributed by atoms with van der Waals surface area (Å²) in [5.74, 6) is 0.621. The lowest BCUT2D eigenvalue weighted by Crippen LogP contribution is -2.13. The van der Waals surface area contributed by atoms with Crippen LogP contribution in [-0.2, 0) is 6.54 Å². The van der Waals surface area contributed by atoms with Gasteiger partial charge in [0.1, 0.15) is 0 Å². The van der Waals surface area contributed by atoms with Gasteiger partial charge in [0, 0.05) is 6.54 Å². The Bertz CT molecular complexity index is 289. The molecule has 0 saturated heterocycles. The first-order valence-corrected chi connectivity index (χ1v) is 5.45. The lowest BCUT2D eigenvalue weighted by Gasteiger charge is -2.11. The first-order valence-electron chi connectivity index (χ1n) is 5.45. The number of hydrogen-bond acceptors (Lipinski definition) is 1. The summed E-state index contributed by atoms with van der Waals surface area (Å²) in [5.41, 5.74) is 4.25. The second kappa shape index (κ2) is 5.16. The fraction of sp³-hybridized carbons (Fsp3) is 0.538. The maximum atomic E-state index is 3.37. The van der Waals surface area contributed by atoms with Crippen LogP contribution in [0.2, 0.25) is 0 Å². The molecular formula is C13H21N. The molecule has 1 heteroatoms. The molecule has 1 rings (SSSR count). The Morgan fingerprint density at radius 3 is 2.57 bits per heavy atom. The van der Waals surface area contributed by atoms with Gasteiger partial charge in [-0.15, -0.1) is 0 Å². The SMILES string of the molecule is CCNCc1cc(C(C)C)ccc1C. The summed E-state index contributed by atoms with van der Waals surface area (Å²) in [4.78, 5) is 0. The Hall–Kier alpha value is -0.820. The minimum atomic E-state index is 0.621. The predicted octanol–water partition coefficient (Wildman–Crippen LogP) is 3.23. The van der Waals surface area contributed by atoms with Gasteiger partial charge in [-0.25, -0.2) is 0 Å². The van der Waals surface area contributed by atoms with Crippen LogP contribution in [0, 0.1) is 6.92 Å². The van der Waals surface area contributed by atoms with E-state index in [1.165, 1.54) is 16.7 Å². The van der Waals surface area contributed by atoms with E-state index in [9.17, 15) is 0 Å². The van der Waals surface area contributed by atoms with Gasteiger partial charge in [0.2, 0.25) is 0 Å².